The van der Waals surface area contributed by atoms with Gasteiger partial charge in [0.05, 0.1) is 11.8 Å². The fraction of sp³-hybridized carbons (Fsp3) is 0.559. The summed E-state index contributed by atoms with van der Waals surface area (Å²) in [4.78, 5) is 62.2. The summed E-state index contributed by atoms with van der Waals surface area (Å²) in [6.45, 7) is 5.84. The first-order chi connectivity index (χ1) is 22.0. The van der Waals surface area contributed by atoms with Crippen LogP contribution in [0.4, 0.5) is 8.78 Å². The topological polar surface area (TPSA) is 119 Å². The molecule has 2 amide bonds. The van der Waals surface area contributed by atoms with Crippen LogP contribution in [0, 0.1) is 11.6 Å². The third kappa shape index (κ3) is 6.85. The molecule has 1 saturated heterocycles. The molecule has 1 aromatic carbocycles. The molecule has 0 saturated carbocycles. The molecule has 1 aromatic heterocycles. The summed E-state index contributed by atoms with van der Waals surface area (Å²) in [7, 11) is 0. The average Bonchev–Trinajstić information content (AvgIpc) is 3.35. The van der Waals surface area contributed by atoms with Crippen molar-refractivity contribution < 1.29 is 32.7 Å². The minimum atomic E-state index is -0.925. The number of nitrogens with zero attached hydrogens (tertiary/aromatic N) is 3. The lowest BCUT2D eigenvalue weighted by molar-refractivity contribution is -0.134. The summed E-state index contributed by atoms with van der Waals surface area (Å²) in [5, 5.41) is 6.74. The standard InChI is InChI=1S/C34H42F2N4O6/c1-4-5-6-7-8-9-10-11-28(41)45-31-29-33(44)39-20-27(34(15-14-22(39)3)17-21(2)38-46-34)40(29)19-25(30(31)42)32(43)37-18-23-12-13-24(35)16-26(23)36/h12-13,16,19,22,27H,4-11,14-15,17-18,20H2,1-3H3,(H,37,43)/t22-,27+,34-/m0/s1. The molecule has 3 aliphatic rings. The molecule has 2 bridgehead atoms. The number of benzene rings is 1. The Morgan fingerprint density at radius 2 is 1.87 bits per heavy atom. The second-order valence-corrected chi connectivity index (χ2v) is 12.7. The highest BCUT2D eigenvalue weighted by molar-refractivity contribution is 6.00. The lowest BCUT2D eigenvalue weighted by Crippen LogP contribution is -2.52. The van der Waals surface area contributed by atoms with Crippen LogP contribution < -0.4 is 15.5 Å². The third-order valence-corrected chi connectivity index (χ3v) is 9.32. The van der Waals surface area contributed by atoms with Gasteiger partial charge in [0.1, 0.15) is 17.2 Å². The Bertz CT molecular complexity index is 1590. The van der Waals surface area contributed by atoms with Gasteiger partial charge in [0.2, 0.25) is 11.2 Å². The zero-order valence-corrected chi connectivity index (χ0v) is 26.7. The van der Waals surface area contributed by atoms with Gasteiger partial charge < -0.3 is 24.4 Å². The van der Waals surface area contributed by atoms with Gasteiger partial charge in [-0.1, -0.05) is 56.7 Å². The Morgan fingerprint density at radius 1 is 1.13 bits per heavy atom. The maximum atomic E-state index is 14.3. The number of hydrogen-bond acceptors (Lipinski definition) is 7. The second-order valence-electron chi connectivity index (χ2n) is 12.7. The van der Waals surface area contributed by atoms with E-state index in [1.54, 1.807) is 4.90 Å². The molecule has 1 spiro atoms. The number of halogens is 2. The number of carbonyl (C=O) groups is 3. The van der Waals surface area contributed by atoms with Gasteiger partial charge in [-0.2, -0.15) is 0 Å². The van der Waals surface area contributed by atoms with Crippen LogP contribution >= 0.6 is 0 Å². The molecule has 3 aliphatic heterocycles. The molecule has 0 radical (unpaired) electrons. The van der Waals surface area contributed by atoms with Gasteiger partial charge in [-0.15, -0.1) is 0 Å². The minimum Gasteiger partial charge on any atom is -0.420 e. The second kappa shape index (κ2) is 14.1. The van der Waals surface area contributed by atoms with Gasteiger partial charge in [-0.05, 0) is 39.2 Å². The van der Waals surface area contributed by atoms with Crippen molar-refractivity contribution in [3.05, 3.63) is 63.1 Å². The molecule has 0 unspecified atom stereocenters. The van der Waals surface area contributed by atoms with Crippen molar-refractivity contribution >= 4 is 23.5 Å². The van der Waals surface area contributed by atoms with Gasteiger partial charge in [0.25, 0.3) is 11.8 Å². The molecule has 248 valence electrons. The molecule has 2 aromatic rings. The van der Waals surface area contributed by atoms with E-state index < -0.39 is 52.2 Å². The molecule has 4 heterocycles. The van der Waals surface area contributed by atoms with E-state index in [0.29, 0.717) is 31.7 Å². The predicted molar refractivity (Wildman–Crippen MR) is 167 cm³/mol. The number of amides is 2. The number of pyridine rings is 1. The fourth-order valence-corrected chi connectivity index (χ4v) is 6.69. The summed E-state index contributed by atoms with van der Waals surface area (Å²) >= 11 is 0. The van der Waals surface area contributed by atoms with Gasteiger partial charge in [-0.3, -0.25) is 19.2 Å². The molecular formula is C34H42F2N4O6. The van der Waals surface area contributed by atoms with Crippen LogP contribution in [0.5, 0.6) is 5.75 Å². The van der Waals surface area contributed by atoms with E-state index in [-0.39, 0.29) is 42.4 Å². The van der Waals surface area contributed by atoms with E-state index in [0.717, 1.165) is 43.9 Å². The number of unbranched alkanes of at least 4 members (excludes halogenated alkanes) is 6. The predicted octanol–water partition coefficient (Wildman–Crippen LogP) is 5.82. The Kier molecular flexibility index (Phi) is 10.2. The van der Waals surface area contributed by atoms with Gasteiger partial charge in [-0.25, -0.2) is 8.78 Å². The van der Waals surface area contributed by atoms with Crippen LogP contribution in [0.25, 0.3) is 0 Å². The number of carbonyl (C=O) groups excluding carboxylic acids is 3. The largest absolute Gasteiger partial charge is 0.420 e. The zero-order valence-electron chi connectivity index (χ0n) is 26.7. The summed E-state index contributed by atoms with van der Waals surface area (Å²) < 4.78 is 34.9. The molecular weight excluding hydrogens is 598 g/mol. The lowest BCUT2D eigenvalue weighted by Gasteiger charge is -2.42. The molecule has 12 heteroatoms. The van der Waals surface area contributed by atoms with Crippen molar-refractivity contribution in [2.75, 3.05) is 6.54 Å². The van der Waals surface area contributed by atoms with Gasteiger partial charge in [0.15, 0.2) is 11.3 Å². The number of esters is 1. The first kappa shape index (κ1) is 33.3. The summed E-state index contributed by atoms with van der Waals surface area (Å²) in [6.07, 6.45) is 9.90. The number of oxime groups is 1. The lowest BCUT2D eigenvalue weighted by atomic mass is 9.84. The quantitative estimate of drug-likeness (QED) is 0.231. The Balaban J connectivity index is 1.49. The van der Waals surface area contributed by atoms with E-state index in [4.69, 9.17) is 9.57 Å². The molecule has 1 N–H and O–H groups in total. The molecule has 46 heavy (non-hydrogen) atoms. The number of fused-ring (bicyclic) bond motifs is 5. The van der Waals surface area contributed by atoms with Crippen LogP contribution in [0.15, 0.2) is 34.3 Å². The van der Waals surface area contributed by atoms with Crippen molar-refractivity contribution in [3.63, 3.8) is 0 Å². The number of aromatic nitrogens is 1. The summed E-state index contributed by atoms with van der Waals surface area (Å²) in [5.41, 5.74) is -1.47. The third-order valence-electron chi connectivity index (χ3n) is 9.32. The van der Waals surface area contributed by atoms with Crippen molar-refractivity contribution in [3.8, 4) is 5.75 Å². The highest BCUT2D eigenvalue weighted by atomic mass is 19.1. The van der Waals surface area contributed by atoms with E-state index >= 15 is 0 Å². The number of ether oxygens (including phenoxy) is 1. The molecule has 10 nitrogen and oxygen atoms in total. The van der Waals surface area contributed by atoms with E-state index in [9.17, 15) is 28.0 Å². The fourth-order valence-electron chi connectivity index (χ4n) is 6.69. The smallest absolute Gasteiger partial charge is 0.311 e. The maximum absolute atomic E-state index is 14.3. The molecule has 3 atom stereocenters. The summed E-state index contributed by atoms with van der Waals surface area (Å²) in [6, 6.07) is 2.23. The van der Waals surface area contributed by atoms with Gasteiger partial charge in [0, 0.05) is 49.8 Å². The van der Waals surface area contributed by atoms with E-state index in [1.807, 2.05) is 13.8 Å². The van der Waals surface area contributed by atoms with Crippen LogP contribution in [0.3, 0.4) is 0 Å². The van der Waals surface area contributed by atoms with Crippen LogP contribution in [0.2, 0.25) is 0 Å². The Labute approximate surface area is 267 Å². The molecule has 0 aliphatic carbocycles. The number of hydrogen-bond donors (Lipinski definition) is 1. The van der Waals surface area contributed by atoms with Crippen LogP contribution in [-0.2, 0) is 16.2 Å². The van der Waals surface area contributed by atoms with E-state index in [2.05, 4.69) is 17.4 Å². The van der Waals surface area contributed by atoms with Crippen molar-refractivity contribution in [2.45, 2.75) is 116 Å². The first-order valence-corrected chi connectivity index (χ1v) is 16.3. The summed E-state index contributed by atoms with van der Waals surface area (Å²) in [5.74, 6) is -4.13. The maximum Gasteiger partial charge on any atom is 0.311 e. The first-order valence-electron chi connectivity index (χ1n) is 16.3. The van der Waals surface area contributed by atoms with Crippen LogP contribution in [-0.4, -0.2) is 51.2 Å². The van der Waals surface area contributed by atoms with Gasteiger partial charge >= 0.3 is 5.97 Å². The molecule has 1 fully saturated rings. The highest BCUT2D eigenvalue weighted by Crippen LogP contribution is 2.46. The number of nitrogens with one attached hydrogen (secondary N) is 1. The van der Waals surface area contributed by atoms with Crippen molar-refractivity contribution in [1.82, 2.24) is 14.8 Å². The minimum absolute atomic E-state index is 0.0173. The Morgan fingerprint density at radius 3 is 2.57 bits per heavy atom. The monoisotopic (exact) mass is 640 g/mol. The normalized spacial score (nSPS) is 21.8. The van der Waals surface area contributed by atoms with E-state index in [1.165, 1.54) is 23.3 Å². The molecule has 5 rings (SSSR count). The van der Waals surface area contributed by atoms with Crippen molar-refractivity contribution in [2.24, 2.45) is 5.16 Å². The number of rotatable bonds is 12. The SMILES string of the molecule is CCCCCCCCCC(=O)Oc1c2n(cc(C(=O)NCc3ccc(F)cc3F)c1=O)[C@@H]1CN(C2=O)[C@@H](C)CC[C@]12CC(C)=NO2. The highest BCUT2D eigenvalue weighted by Gasteiger charge is 2.54. The average molecular weight is 641 g/mol. The van der Waals surface area contributed by atoms with Crippen molar-refractivity contribution in [1.29, 1.82) is 0 Å². The zero-order chi connectivity index (χ0) is 33.0. The Hall–Kier alpha value is -4.09. The van der Waals surface area contributed by atoms with Crippen LogP contribution in [0.1, 0.15) is 124 Å².